The molecule has 3 rings (SSSR count). The topological polar surface area (TPSA) is 70.0 Å². The fraction of sp³-hybridized carbons (Fsp3) is 0.125. The molecule has 1 N–H and O–H groups in total. The summed E-state index contributed by atoms with van der Waals surface area (Å²) in [4.78, 5) is -0.241. The van der Waals surface area contributed by atoms with Gasteiger partial charge < -0.3 is 5.32 Å². The first-order chi connectivity index (χ1) is 15.0. The number of sulfone groups is 1. The van der Waals surface area contributed by atoms with E-state index in [-0.39, 0.29) is 14.8 Å². The standard InChI is InChI=1S/C24H21ClN2O2S2/c1-2-18-10-7-9-15-22(18)27-24(30-17-19-11-6-8-14-21(19)25)23(16-26)31(28,29)20-12-4-3-5-13-20/h3-15,27H,2,17H2,1H3/b24-23+. The molecule has 0 fully saturated rings. The third-order valence-electron chi connectivity index (χ3n) is 4.61. The van der Waals surface area contributed by atoms with Crippen molar-refractivity contribution in [1.29, 1.82) is 5.26 Å². The van der Waals surface area contributed by atoms with E-state index < -0.39 is 9.84 Å². The fourth-order valence-electron chi connectivity index (χ4n) is 2.95. The highest BCUT2D eigenvalue weighted by Crippen LogP contribution is 2.33. The van der Waals surface area contributed by atoms with Crippen LogP contribution >= 0.6 is 23.4 Å². The average Bonchev–Trinajstić information content (AvgIpc) is 2.79. The monoisotopic (exact) mass is 468 g/mol. The average molecular weight is 469 g/mol. The summed E-state index contributed by atoms with van der Waals surface area (Å²) in [6, 6.07) is 24.9. The minimum Gasteiger partial charge on any atom is -0.348 e. The van der Waals surface area contributed by atoms with Crippen LogP contribution < -0.4 is 5.32 Å². The summed E-state index contributed by atoms with van der Waals surface area (Å²) in [6.45, 7) is 2.02. The van der Waals surface area contributed by atoms with E-state index in [0.29, 0.717) is 10.8 Å². The van der Waals surface area contributed by atoms with Gasteiger partial charge in [-0.3, -0.25) is 0 Å². The van der Waals surface area contributed by atoms with E-state index in [1.54, 1.807) is 24.3 Å². The van der Waals surface area contributed by atoms with Crippen molar-refractivity contribution >= 4 is 38.9 Å². The van der Waals surface area contributed by atoms with Crippen LogP contribution in [0, 0.1) is 11.3 Å². The van der Waals surface area contributed by atoms with Crippen molar-refractivity contribution in [3.63, 3.8) is 0 Å². The van der Waals surface area contributed by atoms with Gasteiger partial charge in [0.1, 0.15) is 11.1 Å². The second-order valence-electron chi connectivity index (χ2n) is 6.60. The van der Waals surface area contributed by atoms with Crippen LogP contribution in [0.15, 0.2) is 93.7 Å². The molecule has 31 heavy (non-hydrogen) atoms. The normalized spacial score (nSPS) is 12.0. The molecular formula is C24H21ClN2O2S2. The molecule has 158 valence electrons. The highest BCUT2D eigenvalue weighted by Gasteiger charge is 2.26. The molecule has 0 aliphatic carbocycles. The molecule has 3 aromatic rings. The Balaban J connectivity index is 2.08. The number of nitrogens with one attached hydrogen (secondary N) is 1. The highest BCUT2D eigenvalue weighted by atomic mass is 35.5. The number of hydrogen-bond donors (Lipinski definition) is 1. The summed E-state index contributed by atoms with van der Waals surface area (Å²) in [6.07, 6.45) is 0.763. The van der Waals surface area contributed by atoms with Gasteiger partial charge in [0.15, 0.2) is 4.91 Å². The maximum Gasteiger partial charge on any atom is 0.219 e. The molecular weight excluding hydrogens is 448 g/mol. The van der Waals surface area contributed by atoms with Crippen molar-refractivity contribution in [3.8, 4) is 6.07 Å². The zero-order valence-corrected chi connectivity index (χ0v) is 19.3. The van der Waals surface area contributed by atoms with Gasteiger partial charge in [-0.1, -0.05) is 73.1 Å². The molecule has 0 unspecified atom stereocenters. The van der Waals surface area contributed by atoms with E-state index in [0.717, 1.165) is 23.2 Å². The minimum atomic E-state index is -4.00. The number of benzene rings is 3. The number of nitrogens with zero attached hydrogens (tertiary/aromatic N) is 1. The summed E-state index contributed by atoms with van der Waals surface area (Å²) < 4.78 is 26.5. The predicted molar refractivity (Wildman–Crippen MR) is 128 cm³/mol. The Morgan fingerprint density at radius 3 is 2.23 bits per heavy atom. The molecule has 0 aliphatic heterocycles. The van der Waals surface area contributed by atoms with Gasteiger partial charge in [-0.2, -0.15) is 5.26 Å². The van der Waals surface area contributed by atoms with Crippen LogP contribution in [0.5, 0.6) is 0 Å². The highest BCUT2D eigenvalue weighted by molar-refractivity contribution is 8.04. The van der Waals surface area contributed by atoms with E-state index >= 15 is 0 Å². The zero-order valence-electron chi connectivity index (χ0n) is 16.9. The van der Waals surface area contributed by atoms with Crippen molar-refractivity contribution in [2.24, 2.45) is 0 Å². The lowest BCUT2D eigenvalue weighted by Crippen LogP contribution is -2.11. The minimum absolute atomic E-state index is 0.0768. The lowest BCUT2D eigenvalue weighted by atomic mass is 10.1. The van der Waals surface area contributed by atoms with Gasteiger partial charge in [-0.25, -0.2) is 8.42 Å². The van der Waals surface area contributed by atoms with Gasteiger partial charge in [0.05, 0.1) is 4.90 Å². The van der Waals surface area contributed by atoms with Crippen LogP contribution in [0.25, 0.3) is 0 Å². The van der Waals surface area contributed by atoms with E-state index in [2.05, 4.69) is 5.32 Å². The van der Waals surface area contributed by atoms with Gasteiger partial charge in [0, 0.05) is 16.5 Å². The van der Waals surface area contributed by atoms with E-state index in [4.69, 9.17) is 11.6 Å². The predicted octanol–water partition coefficient (Wildman–Crippen LogP) is 6.41. The van der Waals surface area contributed by atoms with Crippen molar-refractivity contribution in [2.45, 2.75) is 24.0 Å². The number of anilines is 1. The molecule has 3 aromatic carbocycles. The molecule has 4 nitrogen and oxygen atoms in total. The number of aryl methyl sites for hydroxylation is 1. The quantitative estimate of drug-likeness (QED) is 0.386. The number of rotatable bonds is 8. The molecule has 0 radical (unpaired) electrons. The lowest BCUT2D eigenvalue weighted by molar-refractivity contribution is 0.603. The molecule has 0 heterocycles. The molecule has 0 amide bonds. The number of thioether (sulfide) groups is 1. The number of para-hydroxylation sites is 1. The Kier molecular flexibility index (Phi) is 7.80. The molecule has 0 spiro atoms. The number of nitriles is 1. The van der Waals surface area contributed by atoms with Gasteiger partial charge in [0.2, 0.25) is 9.84 Å². The van der Waals surface area contributed by atoms with E-state index in [1.165, 1.54) is 23.9 Å². The van der Waals surface area contributed by atoms with Crippen LogP contribution in [-0.2, 0) is 22.0 Å². The Bertz CT molecular complexity index is 1230. The maximum atomic E-state index is 13.3. The largest absolute Gasteiger partial charge is 0.348 e. The second kappa shape index (κ2) is 10.5. The van der Waals surface area contributed by atoms with E-state index in [1.807, 2.05) is 55.5 Å². The third kappa shape index (κ3) is 5.50. The second-order valence-corrected chi connectivity index (χ2v) is 9.88. The van der Waals surface area contributed by atoms with Crippen molar-refractivity contribution < 1.29 is 8.42 Å². The number of hydrogen-bond acceptors (Lipinski definition) is 5. The van der Waals surface area contributed by atoms with Crippen LogP contribution in [0.2, 0.25) is 5.02 Å². The van der Waals surface area contributed by atoms with E-state index in [9.17, 15) is 13.7 Å². The van der Waals surface area contributed by atoms with Crippen LogP contribution in [0.1, 0.15) is 18.1 Å². The molecule has 0 atom stereocenters. The molecule has 0 aliphatic rings. The molecule has 0 saturated heterocycles. The molecule has 7 heteroatoms. The first-order valence-electron chi connectivity index (χ1n) is 9.63. The summed E-state index contributed by atoms with van der Waals surface area (Å²) in [5.74, 6) is 0.409. The van der Waals surface area contributed by atoms with Gasteiger partial charge >= 0.3 is 0 Å². The Hall–Kier alpha value is -2.72. The zero-order chi connectivity index (χ0) is 22.3. The SMILES string of the molecule is CCc1ccccc1N/C(SCc1ccccc1Cl)=C(/C#N)S(=O)(=O)c1ccccc1. The number of allylic oxidation sites excluding steroid dienone is 1. The van der Waals surface area contributed by atoms with Gasteiger partial charge in [-0.05, 0) is 41.8 Å². The third-order valence-corrected chi connectivity index (χ3v) is 7.88. The van der Waals surface area contributed by atoms with Crippen LogP contribution in [-0.4, -0.2) is 8.42 Å². The molecule has 0 aromatic heterocycles. The van der Waals surface area contributed by atoms with Crippen molar-refractivity contribution in [2.75, 3.05) is 5.32 Å². The lowest BCUT2D eigenvalue weighted by Gasteiger charge is -2.16. The summed E-state index contributed by atoms with van der Waals surface area (Å²) in [5.41, 5.74) is 2.64. The first-order valence-corrected chi connectivity index (χ1v) is 12.5. The summed E-state index contributed by atoms with van der Waals surface area (Å²) in [5, 5.41) is 14.0. The van der Waals surface area contributed by atoms with Crippen molar-refractivity contribution in [3.05, 3.63) is 105 Å². The van der Waals surface area contributed by atoms with Crippen LogP contribution in [0.3, 0.4) is 0 Å². The Morgan fingerprint density at radius 1 is 0.968 bits per heavy atom. The fourth-order valence-corrected chi connectivity index (χ4v) is 5.81. The van der Waals surface area contributed by atoms with Crippen molar-refractivity contribution in [1.82, 2.24) is 0 Å². The Labute approximate surface area is 192 Å². The summed E-state index contributed by atoms with van der Waals surface area (Å²) >= 11 is 7.52. The molecule has 0 saturated carbocycles. The molecule has 0 bridgehead atoms. The maximum absolute atomic E-state index is 13.3. The van der Waals surface area contributed by atoms with Gasteiger partial charge in [-0.15, -0.1) is 11.8 Å². The summed E-state index contributed by atoms with van der Waals surface area (Å²) in [7, 11) is -4.00. The first kappa shape index (κ1) is 23.0. The Morgan fingerprint density at radius 2 is 1.58 bits per heavy atom. The van der Waals surface area contributed by atoms with Gasteiger partial charge in [0.25, 0.3) is 0 Å². The number of halogens is 1. The van der Waals surface area contributed by atoms with Crippen LogP contribution in [0.4, 0.5) is 5.69 Å². The smallest absolute Gasteiger partial charge is 0.219 e.